The van der Waals surface area contributed by atoms with Crippen LogP contribution < -0.4 is 14.9 Å². The van der Waals surface area contributed by atoms with Gasteiger partial charge in [-0.1, -0.05) is 0 Å². The normalized spacial score (nSPS) is 14.0. The molecule has 0 radical (unpaired) electrons. The van der Waals surface area contributed by atoms with Gasteiger partial charge < -0.3 is 9.47 Å². The Morgan fingerprint density at radius 2 is 2.13 bits per heavy atom. The number of ether oxygens (including phenoxy) is 2. The minimum absolute atomic E-state index is 0.0302. The zero-order valence-corrected chi connectivity index (χ0v) is 13.0. The molecular weight excluding hydrogens is 296 g/mol. The maximum atomic E-state index is 11.6. The number of hydrazone groups is 1. The Hall–Kier alpha value is -2.83. The third-order valence-corrected chi connectivity index (χ3v) is 3.67. The molecule has 0 atom stereocenters. The molecule has 1 fully saturated rings. The first kappa shape index (κ1) is 15.1. The first-order valence-electron chi connectivity index (χ1n) is 7.31. The number of aromatic nitrogens is 2. The molecule has 1 aromatic carbocycles. The van der Waals surface area contributed by atoms with Crippen LogP contribution in [0.4, 0.5) is 0 Å². The SMILES string of the molecule is COc1ccc(-c2[nH]ncc2/C=N/NC(=O)C2CC2)cc1OC. The van der Waals surface area contributed by atoms with Crippen molar-refractivity contribution in [1.29, 1.82) is 0 Å². The molecule has 23 heavy (non-hydrogen) atoms. The van der Waals surface area contributed by atoms with Gasteiger partial charge in [0, 0.05) is 17.0 Å². The highest BCUT2D eigenvalue weighted by molar-refractivity contribution is 5.90. The molecule has 0 aliphatic heterocycles. The number of rotatable bonds is 6. The van der Waals surface area contributed by atoms with Crippen LogP contribution >= 0.6 is 0 Å². The molecule has 1 heterocycles. The van der Waals surface area contributed by atoms with Crippen molar-refractivity contribution in [3.05, 3.63) is 30.0 Å². The number of hydrogen-bond donors (Lipinski definition) is 2. The maximum Gasteiger partial charge on any atom is 0.243 e. The molecule has 1 aliphatic rings. The van der Waals surface area contributed by atoms with Gasteiger partial charge in [-0.25, -0.2) is 5.43 Å². The number of benzene rings is 1. The van der Waals surface area contributed by atoms with E-state index in [1.54, 1.807) is 26.6 Å². The number of methoxy groups -OCH3 is 2. The summed E-state index contributed by atoms with van der Waals surface area (Å²) in [6.07, 6.45) is 5.13. The van der Waals surface area contributed by atoms with Crippen molar-refractivity contribution < 1.29 is 14.3 Å². The third-order valence-electron chi connectivity index (χ3n) is 3.67. The summed E-state index contributed by atoms with van der Waals surface area (Å²) in [5.41, 5.74) is 4.99. The summed E-state index contributed by atoms with van der Waals surface area (Å²) in [5, 5.41) is 11.0. The highest BCUT2D eigenvalue weighted by atomic mass is 16.5. The minimum atomic E-state index is -0.0302. The number of hydrogen-bond acceptors (Lipinski definition) is 5. The molecule has 0 unspecified atom stereocenters. The Kier molecular flexibility index (Phi) is 4.27. The minimum Gasteiger partial charge on any atom is -0.493 e. The summed E-state index contributed by atoms with van der Waals surface area (Å²) in [6, 6.07) is 5.58. The molecule has 0 spiro atoms. The number of carbonyl (C=O) groups is 1. The van der Waals surface area contributed by atoms with Crippen LogP contribution in [0.5, 0.6) is 11.5 Å². The fourth-order valence-corrected chi connectivity index (χ4v) is 2.22. The molecule has 7 heteroatoms. The van der Waals surface area contributed by atoms with Crippen molar-refractivity contribution in [2.24, 2.45) is 11.0 Å². The van der Waals surface area contributed by atoms with Gasteiger partial charge >= 0.3 is 0 Å². The van der Waals surface area contributed by atoms with E-state index in [1.807, 2.05) is 18.2 Å². The summed E-state index contributed by atoms with van der Waals surface area (Å²) in [6.45, 7) is 0. The number of nitrogens with one attached hydrogen (secondary N) is 2. The fraction of sp³-hybridized carbons (Fsp3) is 0.312. The lowest BCUT2D eigenvalue weighted by Crippen LogP contribution is -2.18. The van der Waals surface area contributed by atoms with Gasteiger partial charge in [-0.05, 0) is 31.0 Å². The predicted molar refractivity (Wildman–Crippen MR) is 85.6 cm³/mol. The molecule has 2 N–H and O–H groups in total. The number of amides is 1. The topological polar surface area (TPSA) is 88.6 Å². The average Bonchev–Trinajstić information content (AvgIpc) is 3.33. The van der Waals surface area contributed by atoms with E-state index in [9.17, 15) is 4.79 Å². The van der Waals surface area contributed by atoms with E-state index in [1.165, 1.54) is 0 Å². The van der Waals surface area contributed by atoms with Gasteiger partial charge in [0.05, 0.1) is 32.3 Å². The molecule has 0 saturated heterocycles. The van der Waals surface area contributed by atoms with Gasteiger partial charge in [-0.3, -0.25) is 9.89 Å². The summed E-state index contributed by atoms with van der Waals surface area (Å²) < 4.78 is 10.5. The van der Waals surface area contributed by atoms with E-state index in [0.29, 0.717) is 11.5 Å². The average molecular weight is 314 g/mol. The van der Waals surface area contributed by atoms with E-state index >= 15 is 0 Å². The Morgan fingerprint density at radius 1 is 1.35 bits per heavy atom. The highest BCUT2D eigenvalue weighted by Gasteiger charge is 2.29. The molecule has 1 amide bonds. The van der Waals surface area contributed by atoms with Crippen LogP contribution in [0.25, 0.3) is 11.3 Å². The van der Waals surface area contributed by atoms with Crippen LogP contribution in [-0.2, 0) is 4.79 Å². The maximum absolute atomic E-state index is 11.6. The van der Waals surface area contributed by atoms with Crippen molar-refractivity contribution in [2.75, 3.05) is 14.2 Å². The van der Waals surface area contributed by atoms with Crippen LogP contribution in [0, 0.1) is 5.92 Å². The van der Waals surface area contributed by atoms with E-state index in [2.05, 4.69) is 20.7 Å². The number of nitrogens with zero attached hydrogens (tertiary/aromatic N) is 2. The van der Waals surface area contributed by atoms with E-state index in [0.717, 1.165) is 29.7 Å². The summed E-state index contributed by atoms with van der Waals surface area (Å²) >= 11 is 0. The second-order valence-electron chi connectivity index (χ2n) is 5.28. The largest absolute Gasteiger partial charge is 0.493 e. The van der Waals surface area contributed by atoms with E-state index in [-0.39, 0.29) is 11.8 Å². The smallest absolute Gasteiger partial charge is 0.243 e. The van der Waals surface area contributed by atoms with Crippen molar-refractivity contribution in [2.45, 2.75) is 12.8 Å². The van der Waals surface area contributed by atoms with Gasteiger partial charge in [0.1, 0.15) is 0 Å². The standard InChI is InChI=1S/C16H18N4O3/c1-22-13-6-5-11(7-14(13)23-2)15-12(8-17-19-15)9-18-20-16(21)10-3-4-10/h5-10H,3-4H2,1-2H3,(H,17,19)(H,20,21)/b18-9+. The summed E-state index contributed by atoms with van der Waals surface area (Å²) in [7, 11) is 3.18. The zero-order chi connectivity index (χ0) is 16.2. The molecule has 1 saturated carbocycles. The Balaban J connectivity index is 1.79. The third kappa shape index (κ3) is 3.33. The molecule has 2 aromatic rings. The molecule has 7 nitrogen and oxygen atoms in total. The molecule has 3 rings (SSSR count). The van der Waals surface area contributed by atoms with Crippen molar-refractivity contribution in [3.8, 4) is 22.8 Å². The summed E-state index contributed by atoms with van der Waals surface area (Å²) in [5.74, 6) is 1.38. The summed E-state index contributed by atoms with van der Waals surface area (Å²) in [4.78, 5) is 11.6. The van der Waals surface area contributed by atoms with Crippen molar-refractivity contribution in [1.82, 2.24) is 15.6 Å². The molecular formula is C16H18N4O3. The first-order chi connectivity index (χ1) is 11.2. The highest BCUT2D eigenvalue weighted by Crippen LogP contribution is 2.32. The lowest BCUT2D eigenvalue weighted by Gasteiger charge is -2.09. The monoisotopic (exact) mass is 314 g/mol. The van der Waals surface area contributed by atoms with Crippen LogP contribution in [0.3, 0.4) is 0 Å². The molecule has 120 valence electrons. The van der Waals surface area contributed by atoms with Gasteiger partial charge in [0.15, 0.2) is 11.5 Å². The second-order valence-corrected chi connectivity index (χ2v) is 5.28. The van der Waals surface area contributed by atoms with Gasteiger partial charge in [0.25, 0.3) is 0 Å². The Labute approximate surface area is 133 Å². The van der Waals surface area contributed by atoms with Crippen molar-refractivity contribution >= 4 is 12.1 Å². The van der Waals surface area contributed by atoms with Gasteiger partial charge in [-0.2, -0.15) is 10.2 Å². The van der Waals surface area contributed by atoms with E-state index < -0.39 is 0 Å². The van der Waals surface area contributed by atoms with Gasteiger partial charge in [-0.15, -0.1) is 0 Å². The van der Waals surface area contributed by atoms with Crippen molar-refractivity contribution in [3.63, 3.8) is 0 Å². The van der Waals surface area contributed by atoms with Crippen LogP contribution in [-0.4, -0.2) is 36.5 Å². The second kappa shape index (κ2) is 6.51. The van der Waals surface area contributed by atoms with Crippen LogP contribution in [0.15, 0.2) is 29.5 Å². The molecule has 1 aromatic heterocycles. The molecule has 1 aliphatic carbocycles. The van der Waals surface area contributed by atoms with E-state index in [4.69, 9.17) is 9.47 Å². The number of carbonyl (C=O) groups excluding carboxylic acids is 1. The number of aromatic amines is 1. The quantitative estimate of drug-likeness (QED) is 0.630. The van der Waals surface area contributed by atoms with Crippen LogP contribution in [0.2, 0.25) is 0 Å². The Morgan fingerprint density at radius 3 is 2.83 bits per heavy atom. The predicted octanol–water partition coefficient (Wildman–Crippen LogP) is 1.95. The molecule has 0 bridgehead atoms. The Bertz CT molecular complexity index is 735. The zero-order valence-electron chi connectivity index (χ0n) is 13.0. The lowest BCUT2D eigenvalue weighted by atomic mass is 10.1. The first-order valence-corrected chi connectivity index (χ1v) is 7.31. The number of H-pyrrole nitrogens is 1. The fourth-order valence-electron chi connectivity index (χ4n) is 2.22. The van der Waals surface area contributed by atoms with Crippen LogP contribution in [0.1, 0.15) is 18.4 Å². The van der Waals surface area contributed by atoms with Gasteiger partial charge in [0.2, 0.25) is 5.91 Å². The lowest BCUT2D eigenvalue weighted by molar-refractivity contribution is -0.122.